The smallest absolute Gasteiger partial charge is 0.0724 e. The van der Waals surface area contributed by atoms with E-state index in [4.69, 9.17) is 16.3 Å². The van der Waals surface area contributed by atoms with E-state index in [0.29, 0.717) is 18.2 Å². The largest absolute Gasteiger partial charge is 0.380 e. The number of hydrogen-bond acceptors (Lipinski definition) is 2. The third-order valence-electron chi connectivity index (χ3n) is 3.82. The molecule has 1 N–H and O–H groups in total. The predicted octanol–water partition coefficient (Wildman–Crippen LogP) is 3.95. The zero-order valence-electron chi connectivity index (χ0n) is 11.2. The lowest BCUT2D eigenvalue weighted by molar-refractivity contribution is 0.0384. The van der Waals surface area contributed by atoms with E-state index in [0.717, 1.165) is 11.4 Å². The number of ether oxygens (including phenoxy) is 1. The number of halogens is 1. The minimum absolute atomic E-state index is 0.310. The van der Waals surface area contributed by atoms with Crippen LogP contribution in [0.25, 0.3) is 0 Å². The van der Waals surface area contributed by atoms with Crippen molar-refractivity contribution < 1.29 is 4.74 Å². The molecule has 0 aromatic heterocycles. The molecule has 0 heterocycles. The summed E-state index contributed by atoms with van der Waals surface area (Å²) in [6.45, 7) is 2.19. The van der Waals surface area contributed by atoms with Gasteiger partial charge in [-0.1, -0.05) is 36.6 Å². The normalized spacial score (nSPS) is 25.9. The molecule has 100 valence electrons. The van der Waals surface area contributed by atoms with Crippen LogP contribution in [0.1, 0.15) is 44.2 Å². The molecule has 0 bridgehead atoms. The van der Waals surface area contributed by atoms with Crippen molar-refractivity contribution in [2.45, 2.75) is 50.8 Å². The van der Waals surface area contributed by atoms with E-state index in [9.17, 15) is 0 Å². The summed E-state index contributed by atoms with van der Waals surface area (Å²) in [4.78, 5) is 0. The molecular weight excluding hydrogens is 246 g/mol. The maximum Gasteiger partial charge on any atom is 0.0724 e. The zero-order chi connectivity index (χ0) is 13.0. The van der Waals surface area contributed by atoms with Gasteiger partial charge in [0.05, 0.1) is 6.10 Å². The topological polar surface area (TPSA) is 21.3 Å². The van der Waals surface area contributed by atoms with E-state index in [1.54, 1.807) is 0 Å². The number of benzene rings is 1. The maximum atomic E-state index is 6.04. The van der Waals surface area contributed by atoms with Crippen LogP contribution in [0.4, 0.5) is 0 Å². The third kappa shape index (κ3) is 3.47. The Morgan fingerprint density at radius 2 is 2.11 bits per heavy atom. The SMILES string of the molecule is COC1CCCCC1NC(C)c1cccc(Cl)c1. The van der Waals surface area contributed by atoms with Gasteiger partial charge in [-0.05, 0) is 37.5 Å². The Kier molecular flexibility index (Phi) is 5.04. The fourth-order valence-corrected chi connectivity index (χ4v) is 2.96. The van der Waals surface area contributed by atoms with Crippen LogP contribution < -0.4 is 5.32 Å². The molecule has 0 saturated heterocycles. The van der Waals surface area contributed by atoms with Gasteiger partial charge in [0.2, 0.25) is 0 Å². The zero-order valence-corrected chi connectivity index (χ0v) is 11.9. The molecule has 18 heavy (non-hydrogen) atoms. The number of nitrogens with one attached hydrogen (secondary N) is 1. The highest BCUT2D eigenvalue weighted by Crippen LogP contribution is 2.24. The molecule has 0 aliphatic heterocycles. The molecule has 0 amide bonds. The van der Waals surface area contributed by atoms with Gasteiger partial charge in [-0.3, -0.25) is 0 Å². The van der Waals surface area contributed by atoms with E-state index in [2.05, 4.69) is 18.3 Å². The molecule has 1 fully saturated rings. The predicted molar refractivity (Wildman–Crippen MR) is 76.1 cm³/mol. The van der Waals surface area contributed by atoms with Crippen LogP contribution >= 0.6 is 11.6 Å². The third-order valence-corrected chi connectivity index (χ3v) is 4.05. The molecule has 0 radical (unpaired) electrons. The van der Waals surface area contributed by atoms with E-state index >= 15 is 0 Å². The van der Waals surface area contributed by atoms with Gasteiger partial charge in [-0.25, -0.2) is 0 Å². The van der Waals surface area contributed by atoms with Crippen molar-refractivity contribution in [1.82, 2.24) is 5.32 Å². The van der Waals surface area contributed by atoms with Crippen molar-refractivity contribution in [3.8, 4) is 0 Å². The van der Waals surface area contributed by atoms with Gasteiger partial charge in [0, 0.05) is 24.2 Å². The lowest BCUT2D eigenvalue weighted by atomic mass is 9.91. The molecular formula is C15H22ClNO. The summed E-state index contributed by atoms with van der Waals surface area (Å²) in [5.74, 6) is 0. The molecule has 1 aliphatic rings. The standard InChI is InChI=1S/C15H22ClNO/c1-11(12-6-5-7-13(16)10-12)17-14-8-3-4-9-15(14)18-2/h5-7,10-11,14-15,17H,3-4,8-9H2,1-2H3. The summed E-state index contributed by atoms with van der Waals surface area (Å²) < 4.78 is 5.58. The van der Waals surface area contributed by atoms with Gasteiger partial charge in [-0.2, -0.15) is 0 Å². The van der Waals surface area contributed by atoms with E-state index in [1.165, 1.54) is 24.8 Å². The fraction of sp³-hybridized carbons (Fsp3) is 0.600. The van der Waals surface area contributed by atoms with E-state index in [-0.39, 0.29) is 0 Å². The van der Waals surface area contributed by atoms with Crippen molar-refractivity contribution in [2.75, 3.05) is 7.11 Å². The molecule has 3 heteroatoms. The first-order chi connectivity index (χ1) is 8.70. The highest BCUT2D eigenvalue weighted by molar-refractivity contribution is 6.30. The first-order valence-corrected chi connectivity index (χ1v) is 7.13. The quantitative estimate of drug-likeness (QED) is 0.892. The summed E-state index contributed by atoms with van der Waals surface area (Å²) >= 11 is 6.04. The average Bonchev–Trinajstić information content (AvgIpc) is 2.39. The lowest BCUT2D eigenvalue weighted by Crippen LogP contribution is -2.44. The van der Waals surface area contributed by atoms with Gasteiger partial charge in [0.1, 0.15) is 0 Å². The molecule has 1 aliphatic carbocycles. The number of rotatable bonds is 4. The molecule has 3 atom stereocenters. The van der Waals surface area contributed by atoms with Crippen molar-refractivity contribution in [2.24, 2.45) is 0 Å². The highest BCUT2D eigenvalue weighted by atomic mass is 35.5. The lowest BCUT2D eigenvalue weighted by Gasteiger charge is -2.33. The summed E-state index contributed by atoms with van der Waals surface area (Å²) in [6.07, 6.45) is 5.28. The van der Waals surface area contributed by atoms with Crippen LogP contribution in [0.15, 0.2) is 24.3 Å². The first kappa shape index (κ1) is 13.9. The maximum absolute atomic E-state index is 6.04. The Labute approximate surface area is 115 Å². The van der Waals surface area contributed by atoms with Crippen molar-refractivity contribution in [1.29, 1.82) is 0 Å². The fourth-order valence-electron chi connectivity index (χ4n) is 2.76. The van der Waals surface area contributed by atoms with Gasteiger partial charge >= 0.3 is 0 Å². The van der Waals surface area contributed by atoms with E-state index < -0.39 is 0 Å². The van der Waals surface area contributed by atoms with Crippen LogP contribution in [-0.2, 0) is 4.74 Å². The van der Waals surface area contributed by atoms with Gasteiger partial charge in [0.15, 0.2) is 0 Å². The average molecular weight is 268 g/mol. The Balaban J connectivity index is 1.99. The highest BCUT2D eigenvalue weighted by Gasteiger charge is 2.26. The second-order valence-electron chi connectivity index (χ2n) is 5.11. The summed E-state index contributed by atoms with van der Waals surface area (Å²) in [6, 6.07) is 8.83. The summed E-state index contributed by atoms with van der Waals surface area (Å²) in [5.41, 5.74) is 1.24. The first-order valence-electron chi connectivity index (χ1n) is 6.75. The molecule has 0 spiro atoms. The Morgan fingerprint density at radius 3 is 2.83 bits per heavy atom. The summed E-state index contributed by atoms with van der Waals surface area (Å²) in [7, 11) is 1.81. The van der Waals surface area contributed by atoms with Gasteiger partial charge in [-0.15, -0.1) is 0 Å². The van der Waals surface area contributed by atoms with Gasteiger partial charge < -0.3 is 10.1 Å². The van der Waals surface area contributed by atoms with Crippen molar-refractivity contribution in [3.63, 3.8) is 0 Å². The van der Waals surface area contributed by atoms with Crippen LogP contribution in [-0.4, -0.2) is 19.3 Å². The molecule has 1 aromatic rings. The second kappa shape index (κ2) is 6.55. The molecule has 2 rings (SSSR count). The van der Waals surface area contributed by atoms with E-state index in [1.807, 2.05) is 25.3 Å². The number of hydrogen-bond donors (Lipinski definition) is 1. The number of methoxy groups -OCH3 is 1. The molecule has 2 nitrogen and oxygen atoms in total. The summed E-state index contributed by atoms with van der Waals surface area (Å²) in [5, 5.41) is 4.48. The van der Waals surface area contributed by atoms with Crippen molar-refractivity contribution >= 4 is 11.6 Å². The van der Waals surface area contributed by atoms with Gasteiger partial charge in [0.25, 0.3) is 0 Å². The van der Waals surface area contributed by atoms with Crippen LogP contribution in [0.5, 0.6) is 0 Å². The monoisotopic (exact) mass is 267 g/mol. The molecule has 1 saturated carbocycles. The molecule has 3 unspecified atom stereocenters. The minimum Gasteiger partial charge on any atom is -0.380 e. The Bertz CT molecular complexity index is 383. The Morgan fingerprint density at radius 1 is 1.33 bits per heavy atom. The van der Waals surface area contributed by atoms with Crippen LogP contribution in [0.2, 0.25) is 5.02 Å². The van der Waals surface area contributed by atoms with Crippen LogP contribution in [0.3, 0.4) is 0 Å². The Hall–Kier alpha value is -0.570. The second-order valence-corrected chi connectivity index (χ2v) is 5.54. The van der Waals surface area contributed by atoms with Crippen LogP contribution in [0, 0.1) is 0 Å². The molecule has 1 aromatic carbocycles. The van der Waals surface area contributed by atoms with Crippen molar-refractivity contribution in [3.05, 3.63) is 34.9 Å². The minimum atomic E-state index is 0.310.